The maximum absolute atomic E-state index is 8.75. The average molecular weight is 715 g/mol. The normalized spacial score (nSPS) is 15.5. The summed E-state index contributed by atoms with van der Waals surface area (Å²) in [6, 6.07) is 32.5. The average Bonchev–Trinajstić information content (AvgIpc) is 3.62. The van der Waals surface area contributed by atoms with E-state index in [4.69, 9.17) is 17.0 Å². The molecular formula is C40H44Cl2SiZr. The van der Waals surface area contributed by atoms with Crippen molar-refractivity contribution in [1.82, 2.24) is 0 Å². The molecule has 4 aromatic rings. The van der Waals surface area contributed by atoms with Gasteiger partial charge in [0.1, 0.15) is 0 Å². The molecule has 226 valence electrons. The molecule has 0 nitrogen and oxygen atoms in total. The summed E-state index contributed by atoms with van der Waals surface area (Å²) in [4.78, 5) is 0. The van der Waals surface area contributed by atoms with Crippen molar-refractivity contribution in [2.75, 3.05) is 0 Å². The van der Waals surface area contributed by atoms with Crippen LogP contribution in [0.3, 0.4) is 0 Å². The second kappa shape index (κ2) is 11.1. The van der Waals surface area contributed by atoms with Crippen LogP contribution in [0.1, 0.15) is 78.5 Å². The van der Waals surface area contributed by atoms with E-state index in [1.54, 1.807) is 0 Å². The first kappa shape index (κ1) is 32.0. The Morgan fingerprint density at radius 1 is 0.568 bits per heavy atom. The number of halogens is 2. The van der Waals surface area contributed by atoms with Crippen molar-refractivity contribution >= 4 is 32.8 Å². The van der Waals surface area contributed by atoms with E-state index in [2.05, 4.69) is 165 Å². The van der Waals surface area contributed by atoms with Crippen molar-refractivity contribution in [1.29, 1.82) is 0 Å². The van der Waals surface area contributed by atoms with Crippen LogP contribution in [0.4, 0.5) is 0 Å². The predicted octanol–water partition coefficient (Wildman–Crippen LogP) is 10.7. The van der Waals surface area contributed by atoms with Gasteiger partial charge >= 0.3 is 275 Å². The van der Waals surface area contributed by atoms with Gasteiger partial charge in [0, 0.05) is 0 Å². The molecule has 0 unspecified atom stereocenters. The van der Waals surface area contributed by atoms with Crippen molar-refractivity contribution in [2.24, 2.45) is 0 Å². The summed E-state index contributed by atoms with van der Waals surface area (Å²) in [7, 11) is 17.5. The predicted molar refractivity (Wildman–Crippen MR) is 192 cm³/mol. The summed E-state index contributed by atoms with van der Waals surface area (Å²) in [6.45, 7) is 18.1. The molecule has 4 heteroatoms. The quantitative estimate of drug-likeness (QED) is 0.185. The van der Waals surface area contributed by atoms with Gasteiger partial charge in [0.2, 0.25) is 0 Å². The summed E-state index contributed by atoms with van der Waals surface area (Å²) in [5.74, 6) is 0. The molecule has 0 amide bonds. The zero-order chi connectivity index (χ0) is 31.7. The van der Waals surface area contributed by atoms with Gasteiger partial charge in [0.25, 0.3) is 0 Å². The van der Waals surface area contributed by atoms with Crippen molar-refractivity contribution in [3.8, 4) is 11.1 Å². The molecule has 2 aliphatic rings. The molecule has 0 saturated heterocycles. The first-order valence-electron chi connectivity index (χ1n) is 15.8. The Balaban J connectivity index is 1.81. The van der Waals surface area contributed by atoms with E-state index < -0.39 is 20.4 Å². The maximum atomic E-state index is 8.75. The Kier molecular flexibility index (Phi) is 8.06. The van der Waals surface area contributed by atoms with Crippen LogP contribution in [0, 0.1) is 13.8 Å². The molecule has 4 aromatic carbocycles. The Morgan fingerprint density at radius 2 is 0.955 bits per heavy atom. The monoisotopic (exact) mass is 712 g/mol. The third kappa shape index (κ3) is 5.33. The summed E-state index contributed by atoms with van der Waals surface area (Å²) in [6.07, 6.45) is 8.94. The van der Waals surface area contributed by atoms with Crippen LogP contribution in [-0.4, -0.2) is 5.43 Å². The minimum atomic E-state index is -5.13. The number of hydrogen-bond acceptors (Lipinski definition) is 0. The summed E-state index contributed by atoms with van der Waals surface area (Å²) < 4.78 is -0.0219. The fourth-order valence-corrected chi connectivity index (χ4v) is 47.9. The summed E-state index contributed by atoms with van der Waals surface area (Å²) >= 11 is -5.13. The van der Waals surface area contributed by atoms with Gasteiger partial charge in [-0.2, -0.15) is 0 Å². The molecule has 0 N–H and O–H groups in total. The number of rotatable bonds is 4. The SMILES string of the molecule is Cc1ccc([Si](c2ccc(C)cc2)=[Zr]([Cl])([Cl])([CH]2C=CC=C2)[CH]2c3ccc(C(C)(C)C)cc3-c3cc(C(C)(C)C)ccc32)cc1. The standard InChI is InChI=1S/C21H25.C14H14Si.C5H5.2ClH.Zr/c1-20(2,3)16-9-7-14-11-15-8-10-17(21(4,5)6)13-19(15)18(14)12-16;1-11-3-7-13(8-4-11)15-14-9-5-12(2)6-10-14;1-2-4-5-3-1;;;/h7-13H,1-6H3;3-10H,1-2H3;1-5H;2*1H;/q;;;;;+2/p-2. The Bertz CT molecular complexity index is 1770. The van der Waals surface area contributed by atoms with Crippen LogP contribution in [0.25, 0.3) is 11.1 Å². The van der Waals surface area contributed by atoms with E-state index in [1.807, 2.05) is 0 Å². The molecule has 0 radical (unpaired) electrons. The molecule has 0 atom stereocenters. The van der Waals surface area contributed by atoms with E-state index in [1.165, 1.54) is 54.9 Å². The topological polar surface area (TPSA) is 0 Å². The zero-order valence-electron chi connectivity index (χ0n) is 27.3. The van der Waals surface area contributed by atoms with Gasteiger partial charge in [0.05, 0.1) is 0 Å². The fourth-order valence-electron chi connectivity index (χ4n) is 7.20. The Hall–Kier alpha value is -1.96. The molecule has 0 saturated carbocycles. The second-order valence-electron chi connectivity index (χ2n) is 15.1. The molecular weight excluding hydrogens is 671 g/mol. The van der Waals surface area contributed by atoms with Crippen molar-refractivity contribution in [3.63, 3.8) is 0 Å². The molecule has 2 aliphatic carbocycles. The zero-order valence-corrected chi connectivity index (χ0v) is 32.3. The second-order valence-corrected chi connectivity index (χ2v) is 50.3. The van der Waals surface area contributed by atoms with E-state index >= 15 is 0 Å². The minimum absolute atomic E-state index is 0.0182. The van der Waals surface area contributed by atoms with Crippen LogP contribution in [0.5, 0.6) is 0 Å². The van der Waals surface area contributed by atoms with Gasteiger partial charge in [0.15, 0.2) is 0 Å². The van der Waals surface area contributed by atoms with E-state index in [-0.39, 0.29) is 18.1 Å². The van der Waals surface area contributed by atoms with Crippen LogP contribution < -0.4 is 10.4 Å². The van der Waals surface area contributed by atoms with Crippen LogP contribution >= 0.6 is 17.0 Å². The number of allylic oxidation sites excluding steroid dienone is 4. The van der Waals surface area contributed by atoms with Crippen LogP contribution in [0.2, 0.25) is 3.63 Å². The van der Waals surface area contributed by atoms with Crippen molar-refractivity contribution < 1.29 is 15.0 Å². The van der Waals surface area contributed by atoms with Crippen LogP contribution in [-0.2, 0) is 25.8 Å². The molecule has 0 fully saturated rings. The number of hydrogen-bond donors (Lipinski definition) is 0. The molecule has 0 spiro atoms. The molecule has 0 aromatic heterocycles. The van der Waals surface area contributed by atoms with Gasteiger partial charge in [-0.25, -0.2) is 0 Å². The van der Waals surface area contributed by atoms with Gasteiger partial charge in [-0.3, -0.25) is 0 Å². The van der Waals surface area contributed by atoms with Crippen molar-refractivity contribution in [3.05, 3.63) is 143 Å². The molecule has 0 aliphatic heterocycles. The van der Waals surface area contributed by atoms with Crippen LogP contribution in [0.15, 0.2) is 109 Å². The van der Waals surface area contributed by atoms with Gasteiger partial charge in [-0.15, -0.1) is 0 Å². The first-order valence-corrected chi connectivity index (χ1v) is 30.2. The van der Waals surface area contributed by atoms with Gasteiger partial charge in [-0.05, 0) is 0 Å². The number of benzene rings is 4. The summed E-state index contributed by atoms with van der Waals surface area (Å²) in [5.41, 5.74) is 8.83. The Labute approximate surface area is 273 Å². The first-order chi connectivity index (χ1) is 20.6. The van der Waals surface area contributed by atoms with Gasteiger partial charge < -0.3 is 0 Å². The molecule has 6 rings (SSSR count). The van der Waals surface area contributed by atoms with Gasteiger partial charge in [-0.1, -0.05) is 0 Å². The third-order valence-electron chi connectivity index (χ3n) is 9.80. The number of aryl methyl sites for hydroxylation is 2. The van der Waals surface area contributed by atoms with E-state index in [0.717, 1.165) is 0 Å². The Morgan fingerprint density at radius 3 is 1.32 bits per heavy atom. The van der Waals surface area contributed by atoms with Crippen molar-refractivity contribution in [2.45, 2.75) is 73.5 Å². The third-order valence-corrected chi connectivity index (χ3v) is 47.9. The molecule has 44 heavy (non-hydrogen) atoms. The fraction of sp³-hybridized carbons (Fsp3) is 0.300. The molecule has 0 bridgehead atoms. The van der Waals surface area contributed by atoms with E-state index in [9.17, 15) is 0 Å². The van der Waals surface area contributed by atoms with E-state index in [0.29, 0.717) is 0 Å². The summed E-state index contributed by atoms with van der Waals surface area (Å²) in [5, 5.41) is 2.61. The number of fused-ring (bicyclic) bond motifs is 3. The molecule has 0 heterocycles.